The fraction of sp³-hybridized carbons (Fsp3) is 0.591. The number of para-hydroxylation sites is 1. The van der Waals surface area contributed by atoms with Gasteiger partial charge >= 0.3 is 0 Å². The van der Waals surface area contributed by atoms with E-state index in [-0.39, 0.29) is 5.91 Å². The Morgan fingerprint density at radius 1 is 1.00 bits per heavy atom. The Morgan fingerprint density at radius 2 is 1.81 bits per heavy atom. The average molecular weight is 352 g/mol. The number of likely N-dealkylation sites (tertiary alicyclic amines) is 2. The van der Waals surface area contributed by atoms with Crippen LogP contribution in [0.1, 0.15) is 55.5 Å². The second-order valence-electron chi connectivity index (χ2n) is 8.36. The smallest absolute Gasteiger partial charge is 0.289 e. The monoisotopic (exact) mass is 352 g/mol. The maximum absolute atomic E-state index is 13.1. The van der Waals surface area contributed by atoms with Crippen molar-refractivity contribution in [2.24, 2.45) is 5.92 Å². The van der Waals surface area contributed by atoms with Crippen LogP contribution < -0.4 is 0 Å². The summed E-state index contributed by atoms with van der Waals surface area (Å²) in [5.41, 5.74) is 0.803. The molecule has 4 heteroatoms. The van der Waals surface area contributed by atoms with Gasteiger partial charge in [-0.25, -0.2) is 0 Å². The highest BCUT2D eigenvalue weighted by Gasteiger charge is 2.45. The van der Waals surface area contributed by atoms with Crippen LogP contribution in [-0.2, 0) is 0 Å². The number of nitrogens with zero attached hydrogens (tertiary/aromatic N) is 2. The molecule has 0 bridgehead atoms. The van der Waals surface area contributed by atoms with Gasteiger partial charge in [0.1, 0.15) is 5.58 Å². The maximum atomic E-state index is 13.1. The second kappa shape index (κ2) is 6.73. The van der Waals surface area contributed by atoms with E-state index in [1.165, 1.54) is 38.6 Å². The molecule has 1 aliphatic carbocycles. The Kier molecular flexibility index (Phi) is 4.24. The van der Waals surface area contributed by atoms with Crippen molar-refractivity contribution in [2.75, 3.05) is 19.6 Å². The van der Waals surface area contributed by atoms with Gasteiger partial charge in [0.15, 0.2) is 5.76 Å². The first-order valence-corrected chi connectivity index (χ1v) is 10.3. The summed E-state index contributed by atoms with van der Waals surface area (Å²) in [5.74, 6) is 1.45. The van der Waals surface area contributed by atoms with Gasteiger partial charge < -0.3 is 9.32 Å². The van der Waals surface area contributed by atoms with Gasteiger partial charge in [-0.3, -0.25) is 9.69 Å². The number of amides is 1. The third kappa shape index (κ3) is 2.84. The quantitative estimate of drug-likeness (QED) is 0.826. The van der Waals surface area contributed by atoms with E-state index >= 15 is 0 Å². The van der Waals surface area contributed by atoms with E-state index in [4.69, 9.17) is 4.42 Å². The van der Waals surface area contributed by atoms with E-state index < -0.39 is 0 Å². The van der Waals surface area contributed by atoms with E-state index in [1.54, 1.807) is 0 Å². The van der Waals surface area contributed by atoms with Crippen LogP contribution in [0, 0.1) is 5.92 Å². The molecule has 5 rings (SSSR count). The molecule has 1 aromatic carbocycles. The van der Waals surface area contributed by atoms with Crippen LogP contribution in [0.2, 0.25) is 0 Å². The van der Waals surface area contributed by atoms with Gasteiger partial charge in [0, 0.05) is 37.1 Å². The number of hydrogen-bond donors (Lipinski definition) is 0. The molecular formula is C22H28N2O2. The molecule has 0 N–H and O–H groups in total. The third-order valence-electron chi connectivity index (χ3n) is 6.81. The van der Waals surface area contributed by atoms with E-state index in [0.717, 1.165) is 42.8 Å². The van der Waals surface area contributed by atoms with Crippen molar-refractivity contribution in [1.29, 1.82) is 0 Å². The number of fused-ring (bicyclic) bond motifs is 2. The van der Waals surface area contributed by atoms with E-state index in [9.17, 15) is 4.79 Å². The molecule has 2 aliphatic heterocycles. The molecule has 3 fully saturated rings. The lowest BCUT2D eigenvalue weighted by Crippen LogP contribution is -2.41. The second-order valence-corrected chi connectivity index (χ2v) is 8.36. The summed E-state index contributed by atoms with van der Waals surface area (Å²) < 4.78 is 5.83. The zero-order valence-electron chi connectivity index (χ0n) is 15.4. The molecule has 138 valence electrons. The summed E-state index contributed by atoms with van der Waals surface area (Å²) in [6.45, 7) is 3.26. The van der Waals surface area contributed by atoms with Crippen LogP contribution in [0.4, 0.5) is 0 Å². The molecule has 26 heavy (non-hydrogen) atoms. The SMILES string of the molecule is O=C(c1cc2ccccc2o1)N1CC[C@H]2[C@@H]1CCN2CC1CCCCC1. The molecule has 2 atom stereocenters. The molecule has 1 amide bonds. The van der Waals surface area contributed by atoms with Crippen LogP contribution in [0.3, 0.4) is 0 Å². The maximum Gasteiger partial charge on any atom is 0.289 e. The molecule has 2 aromatic rings. The Morgan fingerprint density at radius 3 is 2.65 bits per heavy atom. The summed E-state index contributed by atoms with van der Waals surface area (Å²) in [5, 5.41) is 1.01. The highest BCUT2D eigenvalue weighted by molar-refractivity contribution is 5.96. The van der Waals surface area contributed by atoms with Crippen molar-refractivity contribution < 1.29 is 9.21 Å². The number of carbonyl (C=O) groups is 1. The zero-order valence-corrected chi connectivity index (χ0v) is 15.4. The first-order valence-electron chi connectivity index (χ1n) is 10.3. The lowest BCUT2D eigenvalue weighted by molar-refractivity contribution is 0.0701. The summed E-state index contributed by atoms with van der Waals surface area (Å²) >= 11 is 0. The van der Waals surface area contributed by atoms with Gasteiger partial charge in [-0.1, -0.05) is 37.5 Å². The summed E-state index contributed by atoms with van der Waals surface area (Å²) in [7, 11) is 0. The van der Waals surface area contributed by atoms with Gasteiger partial charge in [-0.15, -0.1) is 0 Å². The molecule has 2 saturated heterocycles. The molecule has 1 saturated carbocycles. The Balaban J connectivity index is 1.29. The third-order valence-corrected chi connectivity index (χ3v) is 6.81. The van der Waals surface area contributed by atoms with Gasteiger partial charge in [0.2, 0.25) is 0 Å². The van der Waals surface area contributed by atoms with Crippen molar-refractivity contribution in [2.45, 2.75) is 57.0 Å². The van der Waals surface area contributed by atoms with Crippen LogP contribution in [0.25, 0.3) is 11.0 Å². The lowest BCUT2D eigenvalue weighted by atomic mass is 9.89. The largest absolute Gasteiger partial charge is 0.451 e. The predicted octanol–water partition coefficient (Wildman–Crippen LogP) is 4.30. The van der Waals surface area contributed by atoms with Gasteiger partial charge in [0.25, 0.3) is 5.91 Å². The first kappa shape index (κ1) is 16.4. The molecule has 0 unspecified atom stereocenters. The predicted molar refractivity (Wildman–Crippen MR) is 102 cm³/mol. The van der Waals surface area contributed by atoms with Gasteiger partial charge in [-0.05, 0) is 43.7 Å². The van der Waals surface area contributed by atoms with E-state index in [1.807, 2.05) is 30.3 Å². The zero-order chi connectivity index (χ0) is 17.5. The fourth-order valence-corrected chi connectivity index (χ4v) is 5.48. The highest BCUT2D eigenvalue weighted by Crippen LogP contribution is 2.35. The minimum Gasteiger partial charge on any atom is -0.451 e. The van der Waals surface area contributed by atoms with Crippen LogP contribution in [0.15, 0.2) is 34.7 Å². The average Bonchev–Trinajstić information content (AvgIpc) is 3.37. The minimum atomic E-state index is 0.0771. The van der Waals surface area contributed by atoms with Crippen molar-refractivity contribution in [3.63, 3.8) is 0 Å². The van der Waals surface area contributed by atoms with Crippen LogP contribution >= 0.6 is 0 Å². The van der Waals surface area contributed by atoms with Crippen molar-refractivity contribution in [1.82, 2.24) is 9.80 Å². The Labute approximate surface area is 155 Å². The van der Waals surface area contributed by atoms with E-state index in [2.05, 4.69) is 9.80 Å². The highest BCUT2D eigenvalue weighted by atomic mass is 16.3. The molecule has 3 aliphatic rings. The number of carbonyl (C=O) groups excluding carboxylic acids is 1. The minimum absolute atomic E-state index is 0.0771. The van der Waals surface area contributed by atoms with Crippen LogP contribution in [0.5, 0.6) is 0 Å². The fourth-order valence-electron chi connectivity index (χ4n) is 5.48. The molecule has 0 spiro atoms. The molecule has 3 heterocycles. The first-order chi connectivity index (χ1) is 12.8. The van der Waals surface area contributed by atoms with Crippen LogP contribution in [-0.4, -0.2) is 47.4 Å². The van der Waals surface area contributed by atoms with Gasteiger partial charge in [-0.2, -0.15) is 0 Å². The number of hydrogen-bond acceptors (Lipinski definition) is 3. The molecule has 4 nitrogen and oxygen atoms in total. The Bertz CT molecular complexity index is 759. The Hall–Kier alpha value is -1.81. The normalized spacial score (nSPS) is 27.3. The van der Waals surface area contributed by atoms with Crippen molar-refractivity contribution in [3.05, 3.63) is 36.1 Å². The number of rotatable bonds is 3. The topological polar surface area (TPSA) is 36.7 Å². The number of benzene rings is 1. The molecular weight excluding hydrogens is 324 g/mol. The van der Waals surface area contributed by atoms with Crippen molar-refractivity contribution >= 4 is 16.9 Å². The standard InChI is InChI=1S/C22H28N2O2/c25-22(21-14-17-8-4-5-9-20(17)26-21)24-13-11-18-19(24)10-12-23(18)15-16-6-2-1-3-7-16/h4-5,8-9,14,16,18-19H,1-3,6-7,10-13,15H2/t18-,19-/m0/s1. The number of furan rings is 1. The lowest BCUT2D eigenvalue weighted by Gasteiger charge is -2.30. The summed E-state index contributed by atoms with van der Waals surface area (Å²) in [4.78, 5) is 17.8. The van der Waals surface area contributed by atoms with Gasteiger partial charge in [0.05, 0.1) is 0 Å². The summed E-state index contributed by atoms with van der Waals surface area (Å²) in [6, 6.07) is 10.7. The molecule has 0 radical (unpaired) electrons. The summed E-state index contributed by atoms with van der Waals surface area (Å²) in [6.07, 6.45) is 9.26. The van der Waals surface area contributed by atoms with E-state index in [0.29, 0.717) is 17.8 Å². The molecule has 1 aromatic heterocycles. The van der Waals surface area contributed by atoms with Crippen molar-refractivity contribution in [3.8, 4) is 0 Å².